The lowest BCUT2D eigenvalue weighted by molar-refractivity contribution is 0.151. The van der Waals surface area contributed by atoms with E-state index < -0.39 is 0 Å². The van der Waals surface area contributed by atoms with Crippen LogP contribution in [-0.4, -0.2) is 0 Å². The van der Waals surface area contributed by atoms with Crippen molar-refractivity contribution < 1.29 is 0 Å². The minimum Gasteiger partial charge on any atom is -0.0885 e. The smallest absolute Gasteiger partial charge is 0.0233 e. The summed E-state index contributed by atoms with van der Waals surface area (Å²) in [6.07, 6.45) is 24.1. The topological polar surface area (TPSA) is 0 Å². The molecule has 0 atom stereocenters. The van der Waals surface area contributed by atoms with Gasteiger partial charge in [-0.1, -0.05) is 64.5 Å². The van der Waals surface area contributed by atoms with Crippen LogP contribution in [-0.2, 0) is 0 Å². The van der Waals surface area contributed by atoms with Crippen molar-refractivity contribution in [1.29, 1.82) is 0 Å². The zero-order chi connectivity index (χ0) is 14.9. The van der Waals surface area contributed by atoms with E-state index in [1.807, 2.05) is 0 Å². The largest absolute Gasteiger partial charge is 0.0885 e. The average Bonchev–Trinajstić information content (AvgIpc) is 2.54. The molecular formula is C21H38. The van der Waals surface area contributed by atoms with Crippen molar-refractivity contribution in [1.82, 2.24) is 0 Å². The van der Waals surface area contributed by atoms with Gasteiger partial charge in [-0.05, 0) is 68.6 Å². The average molecular weight is 291 g/mol. The van der Waals surface area contributed by atoms with E-state index in [9.17, 15) is 0 Å². The first-order chi connectivity index (χ1) is 10.3. The van der Waals surface area contributed by atoms with Gasteiger partial charge in [0.25, 0.3) is 0 Å². The van der Waals surface area contributed by atoms with Crippen molar-refractivity contribution in [2.45, 2.75) is 97.3 Å². The Hall–Kier alpha value is -0.260. The predicted molar refractivity (Wildman–Crippen MR) is 94.5 cm³/mol. The molecule has 0 spiro atoms. The molecule has 122 valence electrons. The molecule has 0 heteroatoms. The lowest BCUT2D eigenvalue weighted by Gasteiger charge is -2.37. The summed E-state index contributed by atoms with van der Waals surface area (Å²) in [6.45, 7) is 4.57. The first kappa shape index (κ1) is 17.1. The van der Waals surface area contributed by atoms with Gasteiger partial charge in [-0.25, -0.2) is 0 Å². The van der Waals surface area contributed by atoms with Crippen LogP contribution in [0.5, 0.6) is 0 Å². The molecule has 0 amide bonds. The maximum absolute atomic E-state index is 2.50. The summed E-state index contributed by atoms with van der Waals surface area (Å²) in [5.74, 6) is 4.15. The zero-order valence-electron chi connectivity index (χ0n) is 14.7. The van der Waals surface area contributed by atoms with E-state index in [0.717, 1.165) is 23.7 Å². The minimum absolute atomic E-state index is 0.909. The molecular weight excluding hydrogens is 252 g/mol. The number of unbranched alkanes of at least 4 members (excludes halogenated alkanes) is 2. The molecule has 2 fully saturated rings. The first-order valence-corrected chi connectivity index (χ1v) is 10.00. The molecule has 0 radical (unpaired) electrons. The Morgan fingerprint density at radius 3 is 1.95 bits per heavy atom. The van der Waals surface area contributed by atoms with Crippen molar-refractivity contribution in [2.24, 2.45) is 23.7 Å². The zero-order valence-corrected chi connectivity index (χ0v) is 14.7. The Labute approximate surface area is 133 Å². The Bertz CT molecular complexity index is 274. The molecule has 0 aromatic heterocycles. The second kappa shape index (κ2) is 9.70. The normalized spacial score (nSPS) is 34.4. The molecule has 0 unspecified atom stereocenters. The van der Waals surface area contributed by atoms with Gasteiger partial charge in [-0.2, -0.15) is 0 Å². The molecule has 2 aliphatic rings. The van der Waals surface area contributed by atoms with Crippen LogP contribution in [0.3, 0.4) is 0 Å². The second-order valence-corrected chi connectivity index (χ2v) is 7.79. The quantitative estimate of drug-likeness (QED) is 0.345. The van der Waals surface area contributed by atoms with Gasteiger partial charge in [0.15, 0.2) is 0 Å². The molecule has 2 aliphatic carbocycles. The molecule has 0 bridgehead atoms. The summed E-state index contributed by atoms with van der Waals surface area (Å²) in [5, 5.41) is 0. The van der Waals surface area contributed by atoms with E-state index in [1.54, 1.807) is 25.7 Å². The third-order valence-corrected chi connectivity index (χ3v) is 6.23. The maximum Gasteiger partial charge on any atom is -0.0233 e. The summed E-state index contributed by atoms with van der Waals surface area (Å²) in [7, 11) is 0. The van der Waals surface area contributed by atoms with E-state index >= 15 is 0 Å². The van der Waals surface area contributed by atoms with Crippen LogP contribution in [0.15, 0.2) is 12.2 Å². The molecule has 2 rings (SSSR count). The van der Waals surface area contributed by atoms with Gasteiger partial charge < -0.3 is 0 Å². The van der Waals surface area contributed by atoms with Gasteiger partial charge >= 0.3 is 0 Å². The van der Waals surface area contributed by atoms with E-state index in [4.69, 9.17) is 0 Å². The molecule has 0 aromatic rings. The van der Waals surface area contributed by atoms with Crippen LogP contribution in [0.2, 0.25) is 0 Å². The highest BCUT2D eigenvalue weighted by atomic mass is 14.4. The fraction of sp³-hybridized carbons (Fsp3) is 0.905. The predicted octanol–water partition coefficient (Wildman–Crippen LogP) is 7.15. The molecule has 0 saturated heterocycles. The third kappa shape index (κ3) is 5.80. The fourth-order valence-electron chi connectivity index (χ4n) is 4.77. The molecule has 0 N–H and O–H groups in total. The molecule has 0 aromatic carbocycles. The van der Waals surface area contributed by atoms with Crippen LogP contribution in [0.25, 0.3) is 0 Å². The van der Waals surface area contributed by atoms with Crippen LogP contribution in [0, 0.1) is 23.7 Å². The van der Waals surface area contributed by atoms with Crippen molar-refractivity contribution in [2.75, 3.05) is 0 Å². The van der Waals surface area contributed by atoms with Gasteiger partial charge in [0, 0.05) is 0 Å². The van der Waals surface area contributed by atoms with Gasteiger partial charge in [0.2, 0.25) is 0 Å². The Morgan fingerprint density at radius 1 is 0.762 bits per heavy atom. The molecule has 0 aliphatic heterocycles. The molecule has 0 heterocycles. The highest BCUT2D eigenvalue weighted by Crippen LogP contribution is 2.42. The Kier molecular flexibility index (Phi) is 7.89. The highest BCUT2D eigenvalue weighted by Gasteiger charge is 2.30. The van der Waals surface area contributed by atoms with Gasteiger partial charge in [-0.15, -0.1) is 0 Å². The summed E-state index contributed by atoms with van der Waals surface area (Å²) in [4.78, 5) is 0. The van der Waals surface area contributed by atoms with E-state index in [0.29, 0.717) is 0 Å². The summed E-state index contributed by atoms with van der Waals surface area (Å²) in [5.41, 5.74) is 0. The van der Waals surface area contributed by atoms with Crippen LogP contribution >= 0.6 is 0 Å². The standard InChI is InChI=1S/C21H38/c1-3-5-7-9-19-12-16-21(17-13-19)20-14-10-18(11-15-20)8-6-4-2/h6,8,18-21H,3-5,7,9-17H2,1-2H3/b8-6+. The number of allylic oxidation sites excluding steroid dienone is 2. The monoisotopic (exact) mass is 290 g/mol. The Morgan fingerprint density at radius 2 is 1.38 bits per heavy atom. The van der Waals surface area contributed by atoms with E-state index in [-0.39, 0.29) is 0 Å². The lowest BCUT2D eigenvalue weighted by atomic mass is 9.68. The SMILES string of the molecule is CC/C=C/C1CCC(C2CCC(CCCCC)CC2)CC1. The maximum atomic E-state index is 2.50. The van der Waals surface area contributed by atoms with Crippen molar-refractivity contribution in [3.63, 3.8) is 0 Å². The Balaban J connectivity index is 1.63. The third-order valence-electron chi connectivity index (χ3n) is 6.23. The summed E-state index contributed by atoms with van der Waals surface area (Å²) >= 11 is 0. The van der Waals surface area contributed by atoms with Crippen molar-refractivity contribution in [3.8, 4) is 0 Å². The van der Waals surface area contributed by atoms with Crippen LogP contribution in [0.4, 0.5) is 0 Å². The molecule has 21 heavy (non-hydrogen) atoms. The van der Waals surface area contributed by atoms with E-state index in [1.165, 1.54) is 57.8 Å². The van der Waals surface area contributed by atoms with Gasteiger partial charge in [0.05, 0.1) is 0 Å². The van der Waals surface area contributed by atoms with Crippen molar-refractivity contribution >= 4 is 0 Å². The summed E-state index contributed by atoms with van der Waals surface area (Å²) in [6, 6.07) is 0. The number of hydrogen-bond donors (Lipinski definition) is 0. The minimum atomic E-state index is 0.909. The van der Waals surface area contributed by atoms with Gasteiger partial charge in [-0.3, -0.25) is 0 Å². The molecule has 0 nitrogen and oxygen atoms in total. The first-order valence-electron chi connectivity index (χ1n) is 10.00. The highest BCUT2D eigenvalue weighted by molar-refractivity contribution is 4.91. The summed E-state index contributed by atoms with van der Waals surface area (Å²) < 4.78 is 0. The number of rotatable bonds is 7. The van der Waals surface area contributed by atoms with E-state index in [2.05, 4.69) is 26.0 Å². The lowest BCUT2D eigenvalue weighted by Crippen LogP contribution is -2.25. The van der Waals surface area contributed by atoms with Crippen LogP contribution < -0.4 is 0 Å². The number of hydrogen-bond acceptors (Lipinski definition) is 0. The van der Waals surface area contributed by atoms with Crippen molar-refractivity contribution in [3.05, 3.63) is 12.2 Å². The molecule has 2 saturated carbocycles. The van der Waals surface area contributed by atoms with Gasteiger partial charge in [0.1, 0.15) is 0 Å². The van der Waals surface area contributed by atoms with Crippen LogP contribution in [0.1, 0.15) is 97.3 Å². The second-order valence-electron chi connectivity index (χ2n) is 7.79. The fourth-order valence-corrected chi connectivity index (χ4v) is 4.77.